The topological polar surface area (TPSA) is 98.6 Å². The van der Waals surface area contributed by atoms with E-state index >= 15 is 0 Å². The molecule has 8 nitrogen and oxygen atoms in total. The summed E-state index contributed by atoms with van der Waals surface area (Å²) in [5.74, 6) is -2.40. The molecule has 2 fully saturated rings. The zero-order valence-corrected chi connectivity index (χ0v) is 11.5. The van der Waals surface area contributed by atoms with Crippen LogP contribution in [0.1, 0.15) is 6.42 Å². The van der Waals surface area contributed by atoms with Gasteiger partial charge in [-0.1, -0.05) is 0 Å². The van der Waals surface area contributed by atoms with Crippen LogP contribution in [0.15, 0.2) is 17.6 Å². The van der Waals surface area contributed by atoms with Gasteiger partial charge >= 0.3 is 11.9 Å². The Labute approximate surface area is 115 Å². The summed E-state index contributed by atoms with van der Waals surface area (Å²) in [6.45, 7) is 0.149. The number of carbonyl (C=O) groups is 2. The third-order valence-corrected chi connectivity index (χ3v) is 5.42. The Kier molecular flexibility index (Phi) is 2.91. The summed E-state index contributed by atoms with van der Waals surface area (Å²) in [4.78, 5) is 26.8. The van der Waals surface area contributed by atoms with E-state index in [2.05, 4.69) is 9.72 Å². The van der Waals surface area contributed by atoms with Crippen LogP contribution < -0.4 is 0 Å². The molecule has 1 aromatic heterocycles. The van der Waals surface area contributed by atoms with Gasteiger partial charge in [0.05, 0.1) is 18.2 Å². The van der Waals surface area contributed by atoms with Crippen molar-refractivity contribution in [2.24, 2.45) is 18.9 Å². The van der Waals surface area contributed by atoms with Gasteiger partial charge in [-0.25, -0.2) is 13.4 Å². The number of ether oxygens (including phenoxy) is 1. The highest BCUT2D eigenvalue weighted by Crippen LogP contribution is 2.33. The van der Waals surface area contributed by atoms with Gasteiger partial charge in [0.1, 0.15) is 0 Å². The van der Waals surface area contributed by atoms with Gasteiger partial charge in [-0.05, 0) is 6.42 Å². The smallest absolute Gasteiger partial charge is 0.318 e. The molecule has 0 spiro atoms. The number of imidazole rings is 1. The first-order chi connectivity index (χ1) is 9.39. The van der Waals surface area contributed by atoms with E-state index in [-0.39, 0.29) is 18.1 Å². The Morgan fingerprint density at radius 3 is 2.65 bits per heavy atom. The Balaban J connectivity index is 1.86. The van der Waals surface area contributed by atoms with Crippen molar-refractivity contribution in [1.82, 2.24) is 13.9 Å². The van der Waals surface area contributed by atoms with E-state index in [1.165, 1.54) is 21.4 Å². The minimum atomic E-state index is -3.74. The largest absolute Gasteiger partial charge is 0.393 e. The molecule has 0 aliphatic carbocycles. The van der Waals surface area contributed by atoms with E-state index in [1.54, 1.807) is 7.05 Å². The van der Waals surface area contributed by atoms with Crippen LogP contribution in [0.25, 0.3) is 0 Å². The summed E-state index contributed by atoms with van der Waals surface area (Å²) in [5, 5.41) is -0.0591. The normalized spacial score (nSPS) is 27.4. The third kappa shape index (κ3) is 1.93. The predicted octanol–water partition coefficient (Wildman–Crippen LogP) is -0.870. The van der Waals surface area contributed by atoms with Gasteiger partial charge in [-0.2, -0.15) is 4.31 Å². The Morgan fingerprint density at radius 2 is 2.00 bits per heavy atom. The standard InChI is InChI=1S/C11H13N3O5S/c1-13-5-9(12-6-13)20(17,18)14-3-2-7-8(4-14)11(16)19-10(7)15/h5-8H,2-4H2,1H3. The van der Waals surface area contributed by atoms with Crippen LogP contribution in [0.5, 0.6) is 0 Å². The van der Waals surface area contributed by atoms with Gasteiger partial charge in [0.15, 0.2) is 5.03 Å². The molecule has 3 heterocycles. The molecule has 0 bridgehead atoms. The minimum absolute atomic E-state index is 0.0336. The number of cyclic esters (lactones) is 2. The van der Waals surface area contributed by atoms with Crippen molar-refractivity contribution < 1.29 is 22.7 Å². The fourth-order valence-electron chi connectivity index (χ4n) is 2.57. The van der Waals surface area contributed by atoms with Gasteiger partial charge in [0.25, 0.3) is 10.0 Å². The average molecular weight is 299 g/mol. The predicted molar refractivity (Wildman–Crippen MR) is 64.7 cm³/mol. The van der Waals surface area contributed by atoms with Crippen molar-refractivity contribution in [3.8, 4) is 0 Å². The lowest BCUT2D eigenvalue weighted by Gasteiger charge is -2.29. The molecule has 0 saturated carbocycles. The summed E-state index contributed by atoms with van der Waals surface area (Å²) in [7, 11) is -2.07. The lowest BCUT2D eigenvalue weighted by atomic mass is 9.89. The van der Waals surface area contributed by atoms with Gasteiger partial charge in [-0.15, -0.1) is 0 Å². The number of nitrogens with zero attached hydrogens (tertiary/aromatic N) is 3. The molecule has 2 unspecified atom stereocenters. The van der Waals surface area contributed by atoms with Crippen molar-refractivity contribution in [3.05, 3.63) is 12.5 Å². The highest BCUT2D eigenvalue weighted by Gasteiger charge is 2.49. The molecule has 108 valence electrons. The lowest BCUT2D eigenvalue weighted by molar-refractivity contribution is -0.153. The highest BCUT2D eigenvalue weighted by atomic mass is 32.2. The van der Waals surface area contributed by atoms with Crippen molar-refractivity contribution >= 4 is 22.0 Å². The Hall–Kier alpha value is -1.74. The van der Waals surface area contributed by atoms with E-state index in [1.807, 2.05) is 0 Å². The van der Waals surface area contributed by atoms with E-state index in [0.717, 1.165) is 0 Å². The molecule has 1 aromatic rings. The van der Waals surface area contributed by atoms with Gasteiger partial charge in [0.2, 0.25) is 0 Å². The second-order valence-electron chi connectivity index (χ2n) is 4.98. The van der Waals surface area contributed by atoms with Gasteiger partial charge in [0, 0.05) is 26.3 Å². The zero-order valence-electron chi connectivity index (χ0n) is 10.7. The van der Waals surface area contributed by atoms with E-state index < -0.39 is 33.8 Å². The molecule has 2 aliphatic rings. The number of hydrogen-bond donors (Lipinski definition) is 0. The van der Waals surface area contributed by atoms with Crippen molar-refractivity contribution in [2.75, 3.05) is 13.1 Å². The third-order valence-electron chi connectivity index (χ3n) is 3.67. The number of aryl methyl sites for hydroxylation is 1. The number of rotatable bonds is 2. The number of esters is 2. The van der Waals surface area contributed by atoms with Crippen LogP contribution in [-0.2, 0) is 31.4 Å². The zero-order chi connectivity index (χ0) is 14.5. The van der Waals surface area contributed by atoms with E-state index in [4.69, 9.17) is 0 Å². The number of sulfonamides is 1. The van der Waals surface area contributed by atoms with Crippen molar-refractivity contribution in [1.29, 1.82) is 0 Å². The quantitative estimate of drug-likeness (QED) is 0.520. The molecule has 0 N–H and O–H groups in total. The maximum Gasteiger partial charge on any atom is 0.318 e. The first kappa shape index (κ1) is 13.3. The van der Waals surface area contributed by atoms with Crippen LogP contribution in [0, 0.1) is 11.8 Å². The first-order valence-electron chi connectivity index (χ1n) is 6.13. The molecule has 9 heteroatoms. The summed E-state index contributed by atoms with van der Waals surface area (Å²) in [6, 6.07) is 0. The number of hydrogen-bond acceptors (Lipinski definition) is 6. The molecule has 2 aliphatic heterocycles. The molecular formula is C11H13N3O5S. The maximum atomic E-state index is 12.4. The minimum Gasteiger partial charge on any atom is -0.393 e. The van der Waals surface area contributed by atoms with Crippen LogP contribution >= 0.6 is 0 Å². The Bertz CT molecular complexity index is 680. The molecule has 20 heavy (non-hydrogen) atoms. The Morgan fingerprint density at radius 1 is 1.30 bits per heavy atom. The summed E-state index contributed by atoms with van der Waals surface area (Å²) >= 11 is 0. The highest BCUT2D eigenvalue weighted by molar-refractivity contribution is 7.89. The molecule has 2 atom stereocenters. The van der Waals surface area contributed by atoms with Gasteiger partial charge < -0.3 is 9.30 Å². The molecule has 2 saturated heterocycles. The summed E-state index contributed by atoms with van der Waals surface area (Å²) in [6.07, 6.45) is 3.09. The first-order valence-corrected chi connectivity index (χ1v) is 7.57. The van der Waals surface area contributed by atoms with Crippen LogP contribution in [0.4, 0.5) is 0 Å². The second-order valence-corrected chi connectivity index (χ2v) is 6.87. The monoisotopic (exact) mass is 299 g/mol. The number of carbonyl (C=O) groups excluding carboxylic acids is 2. The fraction of sp³-hybridized carbons (Fsp3) is 0.545. The number of fused-ring (bicyclic) bond motifs is 1. The van der Waals surface area contributed by atoms with Gasteiger partial charge in [-0.3, -0.25) is 9.59 Å². The molecule has 3 rings (SSSR count). The second kappa shape index (κ2) is 4.38. The number of piperidine rings is 1. The summed E-state index contributed by atoms with van der Waals surface area (Å²) in [5.41, 5.74) is 0. The SMILES string of the molecule is Cn1cnc(S(=O)(=O)N2CCC3C(=O)OC(=O)C3C2)c1. The van der Waals surface area contributed by atoms with E-state index in [0.29, 0.717) is 6.42 Å². The number of aromatic nitrogens is 2. The van der Waals surface area contributed by atoms with Crippen LogP contribution in [0.2, 0.25) is 0 Å². The molecule has 0 amide bonds. The van der Waals surface area contributed by atoms with Crippen molar-refractivity contribution in [2.45, 2.75) is 11.4 Å². The lowest BCUT2D eigenvalue weighted by Crippen LogP contribution is -2.44. The molecule has 0 aromatic carbocycles. The fourth-order valence-corrected chi connectivity index (χ4v) is 4.01. The maximum absolute atomic E-state index is 12.4. The van der Waals surface area contributed by atoms with Crippen LogP contribution in [-0.4, -0.2) is 47.3 Å². The van der Waals surface area contributed by atoms with Crippen molar-refractivity contribution in [3.63, 3.8) is 0 Å². The summed E-state index contributed by atoms with van der Waals surface area (Å²) < 4.78 is 32.1. The van der Waals surface area contributed by atoms with Crippen LogP contribution in [0.3, 0.4) is 0 Å². The molecular weight excluding hydrogens is 286 g/mol. The average Bonchev–Trinajstić information content (AvgIpc) is 2.95. The van der Waals surface area contributed by atoms with E-state index in [9.17, 15) is 18.0 Å². The molecule has 0 radical (unpaired) electrons.